The van der Waals surface area contributed by atoms with Crippen LogP contribution in [0.4, 0.5) is 0 Å². The molecule has 1 N–H and O–H groups in total. The number of nitrogens with one attached hydrogen (secondary N) is 1. The summed E-state index contributed by atoms with van der Waals surface area (Å²) in [5.41, 5.74) is 1.57. The molecule has 1 aliphatic heterocycles. The van der Waals surface area contributed by atoms with Crippen LogP contribution in [0.2, 0.25) is 5.02 Å². The molecule has 2 aromatic rings. The molecule has 1 aromatic heterocycles. The van der Waals surface area contributed by atoms with Gasteiger partial charge < -0.3 is 4.98 Å². The van der Waals surface area contributed by atoms with Crippen molar-refractivity contribution in [1.29, 1.82) is 0 Å². The Morgan fingerprint density at radius 3 is 2.67 bits per heavy atom. The molecule has 0 radical (unpaired) electrons. The Labute approximate surface area is 132 Å². The molecule has 0 spiro atoms. The molecule has 1 saturated heterocycles. The van der Waals surface area contributed by atoms with E-state index in [1.807, 2.05) is 23.9 Å². The van der Waals surface area contributed by atoms with Gasteiger partial charge in [0.25, 0.3) is 5.56 Å². The first-order valence-electron chi connectivity index (χ1n) is 6.87. The van der Waals surface area contributed by atoms with E-state index in [-0.39, 0.29) is 5.56 Å². The second-order valence-corrected chi connectivity index (χ2v) is 6.64. The van der Waals surface area contributed by atoms with Gasteiger partial charge in [-0.1, -0.05) is 11.6 Å². The fraction of sp³-hybridized carbons (Fsp3) is 0.333. The Kier molecular flexibility index (Phi) is 4.63. The van der Waals surface area contributed by atoms with Crippen molar-refractivity contribution in [3.63, 3.8) is 0 Å². The summed E-state index contributed by atoms with van der Waals surface area (Å²) >= 11 is 7.86. The van der Waals surface area contributed by atoms with Crippen LogP contribution in [-0.2, 0) is 6.54 Å². The molecular weight excluding hydrogens is 306 g/mol. The van der Waals surface area contributed by atoms with Gasteiger partial charge in [0.15, 0.2) is 0 Å². The molecule has 110 valence electrons. The summed E-state index contributed by atoms with van der Waals surface area (Å²) in [7, 11) is 0. The Bertz CT molecular complexity index is 665. The van der Waals surface area contributed by atoms with Crippen LogP contribution in [0, 0.1) is 0 Å². The first-order chi connectivity index (χ1) is 10.2. The van der Waals surface area contributed by atoms with Crippen molar-refractivity contribution in [3.05, 3.63) is 51.4 Å². The summed E-state index contributed by atoms with van der Waals surface area (Å²) in [6.45, 7) is 2.83. The normalized spacial score (nSPS) is 16.0. The molecule has 6 heteroatoms. The molecule has 4 nitrogen and oxygen atoms in total. The number of hydrogen-bond donors (Lipinski definition) is 1. The third-order valence-electron chi connectivity index (χ3n) is 3.40. The minimum atomic E-state index is -0.115. The summed E-state index contributed by atoms with van der Waals surface area (Å²) in [4.78, 5) is 21.6. The van der Waals surface area contributed by atoms with E-state index in [2.05, 4.69) is 14.9 Å². The van der Waals surface area contributed by atoms with Crippen molar-refractivity contribution >= 4 is 23.4 Å². The maximum absolute atomic E-state index is 11.8. The number of nitrogens with zero attached hydrogens (tertiary/aromatic N) is 2. The lowest BCUT2D eigenvalue weighted by Crippen LogP contribution is -2.32. The summed E-state index contributed by atoms with van der Waals surface area (Å²) < 4.78 is 0. The lowest BCUT2D eigenvalue weighted by Gasteiger charge is -2.25. The summed E-state index contributed by atoms with van der Waals surface area (Å²) in [5, 5.41) is 0.670. The van der Waals surface area contributed by atoms with Crippen molar-refractivity contribution in [1.82, 2.24) is 14.9 Å². The highest BCUT2D eigenvalue weighted by molar-refractivity contribution is 7.99. The SMILES string of the molecule is O=c1cc(CN2CCSCC2)nc(-c2ccc(Cl)cc2)[nH]1. The third kappa shape index (κ3) is 3.87. The van der Waals surface area contributed by atoms with Gasteiger partial charge in [-0.05, 0) is 24.3 Å². The van der Waals surface area contributed by atoms with Crippen LogP contribution in [0.3, 0.4) is 0 Å². The van der Waals surface area contributed by atoms with Gasteiger partial charge in [-0.2, -0.15) is 11.8 Å². The van der Waals surface area contributed by atoms with Crippen molar-refractivity contribution in [2.75, 3.05) is 24.6 Å². The van der Waals surface area contributed by atoms with Crippen LogP contribution >= 0.6 is 23.4 Å². The van der Waals surface area contributed by atoms with Gasteiger partial charge in [0.05, 0.1) is 5.69 Å². The Balaban J connectivity index is 1.85. The van der Waals surface area contributed by atoms with E-state index in [1.165, 1.54) is 0 Å². The summed E-state index contributed by atoms with van der Waals surface area (Å²) in [6, 6.07) is 8.90. The van der Waals surface area contributed by atoms with Crippen molar-refractivity contribution < 1.29 is 0 Å². The fourth-order valence-corrected chi connectivity index (χ4v) is 3.43. The highest BCUT2D eigenvalue weighted by Gasteiger charge is 2.12. The molecule has 0 bridgehead atoms. The fourth-order valence-electron chi connectivity index (χ4n) is 2.32. The minimum Gasteiger partial charge on any atom is -0.307 e. The number of hydrogen-bond acceptors (Lipinski definition) is 4. The van der Waals surface area contributed by atoms with Gasteiger partial charge in [0, 0.05) is 47.8 Å². The number of thioether (sulfide) groups is 1. The quantitative estimate of drug-likeness (QED) is 0.944. The predicted molar refractivity (Wildman–Crippen MR) is 87.9 cm³/mol. The maximum Gasteiger partial charge on any atom is 0.251 e. The lowest BCUT2D eigenvalue weighted by molar-refractivity contribution is 0.291. The highest BCUT2D eigenvalue weighted by atomic mass is 35.5. The van der Waals surface area contributed by atoms with Gasteiger partial charge in [0.1, 0.15) is 5.82 Å². The number of halogens is 1. The molecule has 0 unspecified atom stereocenters. The number of aromatic nitrogens is 2. The number of rotatable bonds is 3. The molecule has 1 aromatic carbocycles. The van der Waals surface area contributed by atoms with Crippen LogP contribution in [0.5, 0.6) is 0 Å². The van der Waals surface area contributed by atoms with Gasteiger partial charge in [-0.15, -0.1) is 0 Å². The zero-order valence-corrected chi connectivity index (χ0v) is 13.1. The number of H-pyrrole nitrogens is 1. The van der Waals surface area contributed by atoms with Crippen LogP contribution in [0.25, 0.3) is 11.4 Å². The first kappa shape index (κ1) is 14.6. The maximum atomic E-state index is 11.8. The van der Waals surface area contributed by atoms with E-state index < -0.39 is 0 Å². The van der Waals surface area contributed by atoms with Gasteiger partial charge >= 0.3 is 0 Å². The average molecular weight is 322 g/mol. The van der Waals surface area contributed by atoms with Crippen molar-refractivity contribution in [3.8, 4) is 11.4 Å². The van der Waals surface area contributed by atoms with Crippen LogP contribution in [-0.4, -0.2) is 39.5 Å². The smallest absolute Gasteiger partial charge is 0.251 e. The molecule has 3 rings (SSSR count). The van der Waals surface area contributed by atoms with E-state index in [0.717, 1.165) is 42.4 Å². The molecule has 21 heavy (non-hydrogen) atoms. The van der Waals surface area contributed by atoms with E-state index in [0.29, 0.717) is 10.8 Å². The van der Waals surface area contributed by atoms with Gasteiger partial charge in [0.2, 0.25) is 0 Å². The zero-order chi connectivity index (χ0) is 14.7. The largest absolute Gasteiger partial charge is 0.307 e. The van der Waals surface area contributed by atoms with E-state index >= 15 is 0 Å². The standard InChI is InChI=1S/C15H16ClN3OS/c16-12-3-1-11(2-4-12)15-17-13(9-14(20)18-15)10-19-5-7-21-8-6-19/h1-4,9H,5-8,10H2,(H,17,18,20). The van der Waals surface area contributed by atoms with Gasteiger partial charge in [-0.25, -0.2) is 4.98 Å². The number of aromatic amines is 1. The Morgan fingerprint density at radius 1 is 1.24 bits per heavy atom. The summed E-state index contributed by atoms with van der Waals surface area (Å²) in [6.07, 6.45) is 0. The molecule has 0 saturated carbocycles. The average Bonchev–Trinajstić information content (AvgIpc) is 2.48. The van der Waals surface area contributed by atoms with Crippen LogP contribution in [0.1, 0.15) is 5.69 Å². The molecule has 0 amide bonds. The van der Waals surface area contributed by atoms with E-state index in [1.54, 1.807) is 18.2 Å². The molecule has 0 atom stereocenters. The van der Waals surface area contributed by atoms with Crippen LogP contribution in [0.15, 0.2) is 35.1 Å². The molecular formula is C15H16ClN3OS. The molecule has 2 heterocycles. The van der Waals surface area contributed by atoms with Gasteiger partial charge in [-0.3, -0.25) is 9.69 Å². The Morgan fingerprint density at radius 2 is 1.95 bits per heavy atom. The third-order valence-corrected chi connectivity index (χ3v) is 4.60. The molecule has 0 aliphatic carbocycles. The second kappa shape index (κ2) is 6.64. The number of benzene rings is 1. The van der Waals surface area contributed by atoms with Crippen LogP contribution < -0.4 is 5.56 Å². The minimum absolute atomic E-state index is 0.115. The van der Waals surface area contributed by atoms with E-state index in [4.69, 9.17) is 11.6 Å². The highest BCUT2D eigenvalue weighted by Crippen LogP contribution is 2.18. The second-order valence-electron chi connectivity index (χ2n) is 4.98. The van der Waals surface area contributed by atoms with E-state index in [9.17, 15) is 4.79 Å². The lowest BCUT2D eigenvalue weighted by atomic mass is 10.2. The van der Waals surface area contributed by atoms with Crippen molar-refractivity contribution in [2.24, 2.45) is 0 Å². The first-order valence-corrected chi connectivity index (χ1v) is 8.40. The van der Waals surface area contributed by atoms with Crippen molar-refractivity contribution in [2.45, 2.75) is 6.54 Å². The Hall–Kier alpha value is -1.30. The predicted octanol–water partition coefficient (Wildman–Crippen LogP) is 2.64. The molecule has 1 aliphatic rings. The monoisotopic (exact) mass is 321 g/mol. The molecule has 1 fully saturated rings. The summed E-state index contributed by atoms with van der Waals surface area (Å²) in [5.74, 6) is 2.89. The zero-order valence-electron chi connectivity index (χ0n) is 11.5. The topological polar surface area (TPSA) is 49.0 Å².